The largest absolute Gasteiger partial charge is 0.362 e. The zero-order chi connectivity index (χ0) is 15.2. The van der Waals surface area contributed by atoms with Crippen LogP contribution in [0.25, 0.3) is 10.8 Å². The van der Waals surface area contributed by atoms with Crippen molar-refractivity contribution in [2.45, 2.75) is 32.1 Å². The van der Waals surface area contributed by atoms with Gasteiger partial charge in [-0.05, 0) is 50.4 Å². The first-order valence-corrected chi connectivity index (χ1v) is 8.16. The van der Waals surface area contributed by atoms with Gasteiger partial charge in [-0.25, -0.2) is 0 Å². The molecule has 1 aromatic heterocycles. The number of allylic oxidation sites excluding steroid dienone is 1. The second kappa shape index (κ2) is 7.31. The van der Waals surface area contributed by atoms with Gasteiger partial charge in [0.25, 0.3) is 0 Å². The van der Waals surface area contributed by atoms with Crippen molar-refractivity contribution in [2.24, 2.45) is 0 Å². The van der Waals surface area contributed by atoms with Gasteiger partial charge in [0.2, 0.25) is 0 Å². The average molecular weight is 312 g/mol. The van der Waals surface area contributed by atoms with Crippen LogP contribution in [0, 0.1) is 0 Å². The summed E-state index contributed by atoms with van der Waals surface area (Å²) in [6.07, 6.45) is 12.1. The quantitative estimate of drug-likeness (QED) is 0.664. The number of thiocarbonyl (C=S) groups is 1. The number of aromatic nitrogens is 2. The van der Waals surface area contributed by atoms with Crippen LogP contribution in [0.5, 0.6) is 0 Å². The van der Waals surface area contributed by atoms with Crippen molar-refractivity contribution < 1.29 is 0 Å². The fourth-order valence-corrected chi connectivity index (χ4v) is 2.98. The molecule has 0 radical (unpaired) electrons. The zero-order valence-electron chi connectivity index (χ0n) is 12.5. The van der Waals surface area contributed by atoms with Crippen LogP contribution in [0.15, 0.2) is 42.2 Å². The van der Waals surface area contributed by atoms with Gasteiger partial charge in [-0.3, -0.25) is 0 Å². The van der Waals surface area contributed by atoms with E-state index in [0.717, 1.165) is 29.4 Å². The molecule has 1 aliphatic rings. The Morgan fingerprint density at radius 3 is 2.95 bits per heavy atom. The smallest absolute Gasteiger partial charge is 0.170 e. The van der Waals surface area contributed by atoms with Crippen LogP contribution < -0.4 is 10.6 Å². The predicted molar refractivity (Wildman–Crippen MR) is 94.9 cm³/mol. The highest BCUT2D eigenvalue weighted by atomic mass is 32.1. The van der Waals surface area contributed by atoms with E-state index >= 15 is 0 Å². The van der Waals surface area contributed by atoms with Crippen molar-refractivity contribution >= 4 is 33.8 Å². The summed E-state index contributed by atoms with van der Waals surface area (Å²) in [5.41, 5.74) is 2.52. The lowest BCUT2D eigenvalue weighted by Gasteiger charge is -2.15. The summed E-state index contributed by atoms with van der Waals surface area (Å²) in [7, 11) is 0. The molecule has 0 atom stereocenters. The molecule has 0 amide bonds. The molecule has 0 saturated carbocycles. The van der Waals surface area contributed by atoms with Gasteiger partial charge < -0.3 is 10.6 Å². The maximum absolute atomic E-state index is 5.39. The molecule has 1 aromatic carbocycles. The summed E-state index contributed by atoms with van der Waals surface area (Å²) in [5, 5.41) is 17.1. The van der Waals surface area contributed by atoms with E-state index in [1.54, 1.807) is 18.0 Å². The lowest BCUT2D eigenvalue weighted by Crippen LogP contribution is -2.29. The Balaban J connectivity index is 1.55. The minimum atomic E-state index is 0.653. The standard InChI is InChI=1S/C17H20N4S/c22-17(18-10-9-13-5-2-1-3-6-13)21-16-8-4-7-14-11-19-20-12-15(14)16/h4-5,7-8,11-12H,1-3,6,9-10H2,(H2,18,21,22). The highest BCUT2D eigenvalue weighted by Crippen LogP contribution is 2.21. The Kier molecular flexibility index (Phi) is 4.96. The predicted octanol–water partition coefficient (Wildman–Crippen LogP) is 3.81. The number of hydrogen-bond donors (Lipinski definition) is 2. The third kappa shape index (κ3) is 3.80. The number of rotatable bonds is 4. The number of nitrogens with one attached hydrogen (secondary N) is 2. The molecule has 0 fully saturated rings. The van der Waals surface area contributed by atoms with E-state index < -0.39 is 0 Å². The third-order valence-corrected chi connectivity index (χ3v) is 4.20. The van der Waals surface area contributed by atoms with Gasteiger partial charge in [-0.2, -0.15) is 10.2 Å². The fourth-order valence-electron chi connectivity index (χ4n) is 2.77. The second-order valence-electron chi connectivity index (χ2n) is 5.54. The highest BCUT2D eigenvalue weighted by Gasteiger charge is 2.05. The van der Waals surface area contributed by atoms with Crippen LogP contribution in [-0.2, 0) is 0 Å². The first kappa shape index (κ1) is 14.9. The SMILES string of the molecule is S=C(NCCC1=CCCCC1)Nc1cccc2cnncc12. The molecule has 5 heteroatoms. The molecule has 0 spiro atoms. The van der Waals surface area contributed by atoms with E-state index in [0.29, 0.717) is 5.11 Å². The van der Waals surface area contributed by atoms with E-state index in [1.807, 2.05) is 18.2 Å². The first-order valence-electron chi connectivity index (χ1n) is 7.75. The number of fused-ring (bicyclic) bond motifs is 1. The molecule has 4 nitrogen and oxygen atoms in total. The Hall–Kier alpha value is -2.01. The number of anilines is 1. The van der Waals surface area contributed by atoms with Gasteiger partial charge in [0.15, 0.2) is 5.11 Å². The van der Waals surface area contributed by atoms with Gasteiger partial charge in [-0.15, -0.1) is 0 Å². The van der Waals surface area contributed by atoms with Crippen LogP contribution in [0.4, 0.5) is 5.69 Å². The van der Waals surface area contributed by atoms with Gasteiger partial charge >= 0.3 is 0 Å². The molecule has 1 aliphatic carbocycles. The van der Waals surface area contributed by atoms with Crippen molar-refractivity contribution in [1.29, 1.82) is 0 Å². The van der Waals surface area contributed by atoms with Crippen LogP contribution in [0.2, 0.25) is 0 Å². The van der Waals surface area contributed by atoms with Crippen LogP contribution in [0.1, 0.15) is 32.1 Å². The normalized spacial score (nSPS) is 14.5. The Bertz CT molecular complexity index is 691. The third-order valence-electron chi connectivity index (χ3n) is 3.96. The molecule has 3 rings (SSSR count). The topological polar surface area (TPSA) is 49.8 Å². The summed E-state index contributed by atoms with van der Waals surface area (Å²) < 4.78 is 0. The number of benzene rings is 1. The summed E-state index contributed by atoms with van der Waals surface area (Å²) in [6.45, 7) is 0.877. The first-order chi connectivity index (χ1) is 10.8. The molecule has 2 N–H and O–H groups in total. The maximum atomic E-state index is 5.39. The van der Waals surface area contributed by atoms with E-state index in [2.05, 4.69) is 26.9 Å². The zero-order valence-corrected chi connectivity index (χ0v) is 13.3. The van der Waals surface area contributed by atoms with E-state index in [9.17, 15) is 0 Å². The summed E-state index contributed by atoms with van der Waals surface area (Å²) in [4.78, 5) is 0. The molecule has 0 aliphatic heterocycles. The van der Waals surface area contributed by atoms with Crippen molar-refractivity contribution in [3.05, 3.63) is 42.2 Å². The summed E-state index contributed by atoms with van der Waals surface area (Å²) >= 11 is 5.39. The molecule has 0 unspecified atom stereocenters. The minimum absolute atomic E-state index is 0.653. The van der Waals surface area contributed by atoms with E-state index in [1.165, 1.54) is 25.7 Å². The molecule has 1 heterocycles. The number of hydrogen-bond acceptors (Lipinski definition) is 3. The van der Waals surface area contributed by atoms with Crippen LogP contribution in [-0.4, -0.2) is 21.9 Å². The van der Waals surface area contributed by atoms with Crippen molar-refractivity contribution in [1.82, 2.24) is 15.5 Å². The van der Waals surface area contributed by atoms with Gasteiger partial charge in [-0.1, -0.05) is 23.8 Å². The van der Waals surface area contributed by atoms with Gasteiger partial charge in [0, 0.05) is 23.0 Å². The molecule has 0 bridgehead atoms. The average Bonchev–Trinajstić information content (AvgIpc) is 2.56. The van der Waals surface area contributed by atoms with E-state index in [-0.39, 0.29) is 0 Å². The Labute approximate surface area is 136 Å². The molecule has 114 valence electrons. The van der Waals surface area contributed by atoms with E-state index in [4.69, 9.17) is 12.2 Å². The molecule has 22 heavy (non-hydrogen) atoms. The lowest BCUT2D eigenvalue weighted by molar-refractivity contribution is 0.669. The monoisotopic (exact) mass is 312 g/mol. The lowest BCUT2D eigenvalue weighted by atomic mass is 9.97. The fraction of sp³-hybridized carbons (Fsp3) is 0.353. The Morgan fingerprint density at radius 2 is 2.09 bits per heavy atom. The Morgan fingerprint density at radius 1 is 1.18 bits per heavy atom. The van der Waals surface area contributed by atoms with Crippen molar-refractivity contribution in [3.8, 4) is 0 Å². The molecular formula is C17H20N4S. The molecular weight excluding hydrogens is 292 g/mol. The van der Waals surface area contributed by atoms with Crippen LogP contribution >= 0.6 is 12.2 Å². The maximum Gasteiger partial charge on any atom is 0.170 e. The van der Waals surface area contributed by atoms with Gasteiger partial charge in [0.05, 0.1) is 12.4 Å². The number of nitrogens with zero attached hydrogens (tertiary/aromatic N) is 2. The highest BCUT2D eigenvalue weighted by molar-refractivity contribution is 7.80. The summed E-state index contributed by atoms with van der Waals surface area (Å²) in [6, 6.07) is 6.00. The second-order valence-corrected chi connectivity index (χ2v) is 5.94. The van der Waals surface area contributed by atoms with Crippen molar-refractivity contribution in [2.75, 3.05) is 11.9 Å². The molecule has 2 aromatic rings. The summed E-state index contributed by atoms with van der Waals surface area (Å²) in [5.74, 6) is 0. The van der Waals surface area contributed by atoms with Gasteiger partial charge in [0.1, 0.15) is 0 Å². The van der Waals surface area contributed by atoms with Crippen LogP contribution in [0.3, 0.4) is 0 Å². The van der Waals surface area contributed by atoms with Crippen molar-refractivity contribution in [3.63, 3.8) is 0 Å². The minimum Gasteiger partial charge on any atom is -0.362 e. The molecule has 0 saturated heterocycles.